The van der Waals surface area contributed by atoms with Gasteiger partial charge in [-0.3, -0.25) is 0 Å². The zero-order valence-electron chi connectivity index (χ0n) is 10.3. The summed E-state index contributed by atoms with van der Waals surface area (Å²) in [5, 5.41) is 0. The molecule has 1 aromatic rings. The first-order chi connectivity index (χ1) is 7.89. The predicted molar refractivity (Wildman–Crippen MR) is 76.6 cm³/mol. The van der Waals surface area contributed by atoms with Gasteiger partial charge in [0.15, 0.2) is 0 Å². The lowest BCUT2D eigenvalue weighted by Crippen LogP contribution is -2.25. The van der Waals surface area contributed by atoms with Gasteiger partial charge >= 0.3 is 0 Å². The van der Waals surface area contributed by atoms with Crippen LogP contribution in [0.4, 0.5) is 0 Å². The molecular weight excluding hydrogens is 300 g/mol. The highest BCUT2D eigenvalue weighted by Crippen LogP contribution is 2.16. The molecule has 0 radical (unpaired) electrons. The van der Waals surface area contributed by atoms with Crippen molar-refractivity contribution in [3.8, 4) is 0 Å². The standard InChI is InChI=1S/C12H17BrN2OS/c1-12(2,3)17(16)15-8-4-5-10-6-7-11(13)14-9-10/h6-9H,4-5H2,1-3H3. The van der Waals surface area contributed by atoms with Crippen molar-refractivity contribution in [2.24, 2.45) is 4.40 Å². The molecule has 3 nitrogen and oxygen atoms in total. The van der Waals surface area contributed by atoms with Crippen LogP contribution in [0.2, 0.25) is 0 Å². The Balaban J connectivity index is 2.38. The summed E-state index contributed by atoms with van der Waals surface area (Å²) >= 11 is 2.14. The van der Waals surface area contributed by atoms with E-state index in [4.69, 9.17) is 0 Å². The Bertz CT molecular complexity index is 373. The van der Waals surface area contributed by atoms with Crippen LogP contribution in [-0.4, -0.2) is 20.5 Å². The van der Waals surface area contributed by atoms with Gasteiger partial charge in [0.25, 0.3) is 0 Å². The summed E-state index contributed by atoms with van der Waals surface area (Å²) in [6, 6.07) is 3.94. The Labute approximate surface area is 114 Å². The van der Waals surface area contributed by atoms with Gasteiger partial charge in [0, 0.05) is 6.20 Å². The van der Waals surface area contributed by atoms with Crippen LogP contribution in [0.5, 0.6) is 0 Å². The van der Waals surface area contributed by atoms with E-state index in [1.54, 1.807) is 6.21 Å². The van der Waals surface area contributed by atoms with Crippen molar-refractivity contribution >= 4 is 33.5 Å². The maximum atomic E-state index is 11.6. The zero-order valence-corrected chi connectivity index (χ0v) is 12.7. The average molecular weight is 317 g/mol. The molecule has 0 saturated heterocycles. The number of rotatable bonds is 4. The van der Waals surface area contributed by atoms with E-state index in [-0.39, 0.29) is 4.75 Å². The number of hydrogen-bond donors (Lipinski definition) is 0. The topological polar surface area (TPSA) is 48.3 Å². The maximum Gasteiger partial charge on any atom is 0.144 e. The van der Waals surface area contributed by atoms with Crippen molar-refractivity contribution in [2.75, 3.05) is 0 Å². The van der Waals surface area contributed by atoms with Crippen molar-refractivity contribution in [3.05, 3.63) is 28.5 Å². The third kappa shape index (κ3) is 5.66. The molecule has 1 atom stereocenters. The Kier molecular flexibility index (Phi) is 5.62. The summed E-state index contributed by atoms with van der Waals surface area (Å²) in [5.41, 5.74) is 1.15. The van der Waals surface area contributed by atoms with E-state index in [1.165, 1.54) is 0 Å². The van der Waals surface area contributed by atoms with E-state index in [1.807, 2.05) is 39.1 Å². The number of hydrogen-bond acceptors (Lipinski definition) is 3. The van der Waals surface area contributed by atoms with Crippen LogP contribution in [0, 0.1) is 0 Å². The van der Waals surface area contributed by atoms with Gasteiger partial charge in [0.2, 0.25) is 0 Å². The molecule has 0 bridgehead atoms. The largest absolute Gasteiger partial charge is 0.591 e. The van der Waals surface area contributed by atoms with Gasteiger partial charge in [-0.1, -0.05) is 10.5 Å². The van der Waals surface area contributed by atoms with Crippen LogP contribution in [-0.2, 0) is 17.8 Å². The van der Waals surface area contributed by atoms with Gasteiger partial charge in [-0.05, 0) is 61.2 Å². The lowest BCUT2D eigenvalue weighted by molar-refractivity contribution is 0.561. The molecule has 1 unspecified atom stereocenters. The molecule has 0 spiro atoms. The maximum absolute atomic E-state index is 11.6. The Morgan fingerprint density at radius 2 is 2.18 bits per heavy atom. The van der Waals surface area contributed by atoms with Crippen LogP contribution in [0.15, 0.2) is 27.3 Å². The molecule has 0 fully saturated rings. The molecule has 1 rings (SSSR count). The molecule has 5 heteroatoms. The number of aromatic nitrogens is 1. The molecule has 0 amide bonds. The lowest BCUT2D eigenvalue weighted by atomic mass is 10.2. The first-order valence-corrected chi connectivity index (χ1v) is 7.34. The smallest absolute Gasteiger partial charge is 0.144 e. The predicted octanol–water partition coefficient (Wildman–Crippen LogP) is 3.31. The Morgan fingerprint density at radius 3 is 2.71 bits per heavy atom. The summed E-state index contributed by atoms with van der Waals surface area (Å²) in [7, 11) is 0. The molecule has 0 aliphatic heterocycles. The highest BCUT2D eigenvalue weighted by atomic mass is 79.9. The van der Waals surface area contributed by atoms with E-state index in [0.717, 1.165) is 23.0 Å². The molecule has 0 aliphatic carbocycles. The normalized spacial score (nSPS) is 14.2. The monoisotopic (exact) mass is 316 g/mol. The molecule has 94 valence electrons. The second-order valence-electron chi connectivity index (χ2n) is 4.68. The third-order valence-corrected chi connectivity index (χ3v) is 3.90. The third-order valence-electron chi connectivity index (χ3n) is 2.04. The van der Waals surface area contributed by atoms with Crippen molar-refractivity contribution in [3.63, 3.8) is 0 Å². The van der Waals surface area contributed by atoms with Gasteiger partial charge in [0.05, 0.1) is 6.21 Å². The number of halogens is 1. The first-order valence-electron chi connectivity index (χ1n) is 5.44. The minimum atomic E-state index is -1.15. The first kappa shape index (κ1) is 14.7. The highest BCUT2D eigenvalue weighted by Gasteiger charge is 2.25. The van der Waals surface area contributed by atoms with E-state index in [9.17, 15) is 4.55 Å². The molecule has 0 aromatic carbocycles. The zero-order chi connectivity index (χ0) is 12.9. The summed E-state index contributed by atoms with van der Waals surface area (Å²) in [6.07, 6.45) is 5.22. The summed E-state index contributed by atoms with van der Waals surface area (Å²) in [5.74, 6) is 0. The molecule has 0 N–H and O–H groups in total. The highest BCUT2D eigenvalue weighted by molar-refractivity contribution is 9.10. The van der Waals surface area contributed by atoms with E-state index >= 15 is 0 Å². The van der Waals surface area contributed by atoms with E-state index < -0.39 is 11.4 Å². The molecule has 0 aliphatic rings. The summed E-state index contributed by atoms with van der Waals surface area (Å²) in [6.45, 7) is 5.75. The number of aryl methyl sites for hydroxylation is 1. The van der Waals surface area contributed by atoms with Crippen LogP contribution in [0.3, 0.4) is 0 Å². The fraction of sp³-hybridized carbons (Fsp3) is 0.500. The van der Waals surface area contributed by atoms with Gasteiger partial charge < -0.3 is 4.55 Å². The quantitative estimate of drug-likeness (QED) is 0.486. The van der Waals surface area contributed by atoms with Crippen LogP contribution in [0.1, 0.15) is 32.8 Å². The molecule has 17 heavy (non-hydrogen) atoms. The summed E-state index contributed by atoms with van der Waals surface area (Å²) < 4.78 is 16.2. The van der Waals surface area contributed by atoms with Gasteiger partial charge in [-0.25, -0.2) is 4.98 Å². The second kappa shape index (κ2) is 6.52. The minimum absolute atomic E-state index is 0.282. The van der Waals surface area contributed by atoms with Crippen LogP contribution >= 0.6 is 15.9 Å². The van der Waals surface area contributed by atoms with E-state index in [0.29, 0.717) is 0 Å². The van der Waals surface area contributed by atoms with Crippen molar-refractivity contribution < 1.29 is 4.55 Å². The summed E-state index contributed by atoms with van der Waals surface area (Å²) in [4.78, 5) is 4.14. The Morgan fingerprint density at radius 1 is 1.47 bits per heavy atom. The van der Waals surface area contributed by atoms with E-state index in [2.05, 4.69) is 25.3 Å². The van der Waals surface area contributed by atoms with Crippen LogP contribution in [0.25, 0.3) is 0 Å². The lowest BCUT2D eigenvalue weighted by Gasteiger charge is -2.17. The van der Waals surface area contributed by atoms with Gasteiger partial charge in [-0.2, -0.15) is 0 Å². The Hall–Kier alpha value is -0.390. The fourth-order valence-corrected chi connectivity index (χ4v) is 1.86. The van der Waals surface area contributed by atoms with Gasteiger partial charge in [0.1, 0.15) is 20.7 Å². The molecule has 1 aromatic heterocycles. The SMILES string of the molecule is CC(C)(C)[S+]([O-])N=CCCc1ccc(Br)nc1. The molecule has 0 saturated carbocycles. The van der Waals surface area contributed by atoms with Crippen LogP contribution < -0.4 is 0 Å². The van der Waals surface area contributed by atoms with Gasteiger partial charge in [-0.15, -0.1) is 0 Å². The van der Waals surface area contributed by atoms with Crippen molar-refractivity contribution in [1.29, 1.82) is 0 Å². The second-order valence-corrected chi connectivity index (χ2v) is 7.42. The van der Waals surface area contributed by atoms with Crippen molar-refractivity contribution in [1.82, 2.24) is 4.98 Å². The number of nitrogens with zero attached hydrogens (tertiary/aromatic N) is 2. The van der Waals surface area contributed by atoms with Crippen molar-refractivity contribution in [2.45, 2.75) is 38.4 Å². The average Bonchev–Trinajstić information content (AvgIpc) is 2.25. The molecular formula is C12H17BrN2OS. The minimum Gasteiger partial charge on any atom is -0.591 e. The molecule has 1 heterocycles. The number of pyridine rings is 1. The fourth-order valence-electron chi connectivity index (χ4n) is 1.06.